The fraction of sp³-hybridized carbons (Fsp3) is 0.400. The van der Waals surface area contributed by atoms with E-state index in [1.165, 1.54) is 30.3 Å². The zero-order chi connectivity index (χ0) is 21.6. The predicted octanol–water partition coefficient (Wildman–Crippen LogP) is 3.89. The highest BCUT2D eigenvalue weighted by molar-refractivity contribution is 5.52. The maximum atomic E-state index is 10.2. The Hall–Kier alpha value is -3.29. The van der Waals surface area contributed by atoms with Crippen LogP contribution in [0.3, 0.4) is 0 Å². The third-order valence-electron chi connectivity index (χ3n) is 4.38. The number of benzene rings is 2. The van der Waals surface area contributed by atoms with Gasteiger partial charge in [-0.1, -0.05) is 25.0 Å². The summed E-state index contributed by atoms with van der Waals surface area (Å²) in [6.45, 7) is 4.84. The number of fused-ring (bicyclic) bond motifs is 1. The van der Waals surface area contributed by atoms with Gasteiger partial charge in [0.15, 0.2) is 11.5 Å². The van der Waals surface area contributed by atoms with Crippen molar-refractivity contribution in [3.63, 3.8) is 0 Å². The van der Waals surface area contributed by atoms with Gasteiger partial charge in [0.25, 0.3) is 0 Å². The maximum Gasteiger partial charge on any atom is 0.157 e. The van der Waals surface area contributed by atoms with Gasteiger partial charge in [-0.05, 0) is 35.6 Å². The lowest BCUT2D eigenvalue weighted by atomic mass is 9.94. The van der Waals surface area contributed by atoms with Crippen molar-refractivity contribution in [3.8, 4) is 28.7 Å². The van der Waals surface area contributed by atoms with Crippen LogP contribution in [0.4, 0.5) is 0 Å². The van der Waals surface area contributed by atoms with Crippen LogP contribution in [0, 0.1) is 5.92 Å². The molecule has 9 nitrogen and oxygen atoms in total. The Labute approximate surface area is 168 Å². The standard InChI is InChI=1S/C15H14O6.C5H11N3/c16-8-4-11(18)9-6-13(20)15(21-14(9)5-8)7-1-2-10(17)12(19)3-7;1-5(2)3-4-7-8-6/h1-5,13,15-20H,6H2;5H,3-4H2,1-2H3/t13-,15+;/m0./s1. The zero-order valence-corrected chi connectivity index (χ0v) is 16.2. The van der Waals surface area contributed by atoms with E-state index in [0.717, 1.165) is 6.42 Å². The Morgan fingerprint density at radius 2 is 1.83 bits per heavy atom. The molecule has 2 atom stereocenters. The van der Waals surface area contributed by atoms with Crippen LogP contribution < -0.4 is 4.74 Å². The Morgan fingerprint density at radius 3 is 2.45 bits per heavy atom. The summed E-state index contributed by atoms with van der Waals surface area (Å²) in [4.78, 5) is 2.63. The number of rotatable bonds is 4. The molecule has 2 aromatic carbocycles. The lowest BCUT2D eigenvalue weighted by molar-refractivity contribution is 0.0197. The van der Waals surface area contributed by atoms with Crippen LogP contribution in [-0.2, 0) is 6.42 Å². The second-order valence-corrected chi connectivity index (χ2v) is 7.14. The van der Waals surface area contributed by atoms with E-state index >= 15 is 0 Å². The van der Waals surface area contributed by atoms with Crippen LogP contribution in [-0.4, -0.2) is 38.2 Å². The first kappa shape index (κ1) is 22.0. The molecular weight excluding hydrogens is 378 g/mol. The molecule has 5 N–H and O–H groups in total. The number of nitrogens with zero attached hydrogens (tertiary/aromatic N) is 3. The highest BCUT2D eigenvalue weighted by atomic mass is 16.5. The van der Waals surface area contributed by atoms with E-state index in [1.54, 1.807) is 0 Å². The van der Waals surface area contributed by atoms with E-state index in [1.807, 2.05) is 0 Å². The van der Waals surface area contributed by atoms with Gasteiger partial charge in [-0.15, -0.1) is 0 Å². The Balaban J connectivity index is 0.000000321. The van der Waals surface area contributed by atoms with Crippen molar-refractivity contribution in [1.82, 2.24) is 0 Å². The summed E-state index contributed by atoms with van der Waals surface area (Å²) in [5.74, 6) is 0.0504. The van der Waals surface area contributed by atoms with E-state index in [0.29, 0.717) is 23.6 Å². The number of azide groups is 1. The summed E-state index contributed by atoms with van der Waals surface area (Å²) >= 11 is 0. The van der Waals surface area contributed by atoms with E-state index in [9.17, 15) is 25.5 Å². The van der Waals surface area contributed by atoms with Gasteiger partial charge in [-0.25, -0.2) is 0 Å². The van der Waals surface area contributed by atoms with Gasteiger partial charge in [0.05, 0.1) is 6.10 Å². The minimum absolute atomic E-state index is 0.143. The molecule has 0 saturated carbocycles. The molecule has 0 radical (unpaired) electrons. The fourth-order valence-corrected chi connectivity index (χ4v) is 2.83. The summed E-state index contributed by atoms with van der Waals surface area (Å²) in [6.07, 6.45) is -0.570. The van der Waals surface area contributed by atoms with Crippen molar-refractivity contribution in [1.29, 1.82) is 0 Å². The van der Waals surface area contributed by atoms with Gasteiger partial charge in [0, 0.05) is 35.6 Å². The number of aromatic hydroxyl groups is 4. The second kappa shape index (κ2) is 9.77. The van der Waals surface area contributed by atoms with Gasteiger partial charge in [0.1, 0.15) is 23.4 Å². The van der Waals surface area contributed by atoms with Gasteiger partial charge < -0.3 is 30.3 Å². The van der Waals surface area contributed by atoms with Gasteiger partial charge in [0.2, 0.25) is 0 Å². The van der Waals surface area contributed by atoms with Gasteiger partial charge in [-0.3, -0.25) is 0 Å². The molecule has 0 amide bonds. The van der Waals surface area contributed by atoms with Crippen molar-refractivity contribution in [2.24, 2.45) is 11.0 Å². The number of phenolic OH excluding ortho intramolecular Hbond substituents is 4. The fourth-order valence-electron chi connectivity index (χ4n) is 2.83. The number of phenols is 4. The molecule has 1 heterocycles. The minimum Gasteiger partial charge on any atom is -0.508 e. The summed E-state index contributed by atoms with van der Waals surface area (Å²) < 4.78 is 5.62. The van der Waals surface area contributed by atoms with Crippen molar-refractivity contribution in [2.45, 2.75) is 38.9 Å². The van der Waals surface area contributed by atoms with E-state index in [2.05, 4.69) is 23.9 Å². The summed E-state index contributed by atoms with van der Waals surface area (Å²) in [7, 11) is 0. The topological polar surface area (TPSA) is 159 Å². The molecular formula is C20H25N3O6. The van der Waals surface area contributed by atoms with Crippen molar-refractivity contribution in [3.05, 3.63) is 51.9 Å². The molecule has 3 rings (SSSR count). The molecule has 0 unspecified atom stereocenters. The predicted molar refractivity (Wildman–Crippen MR) is 106 cm³/mol. The van der Waals surface area contributed by atoms with Crippen LogP contribution in [0.15, 0.2) is 35.4 Å². The number of aliphatic hydroxyl groups excluding tert-OH is 1. The average Bonchev–Trinajstić information content (AvgIpc) is 2.65. The molecule has 1 aliphatic heterocycles. The summed E-state index contributed by atoms with van der Waals surface area (Å²) in [5.41, 5.74) is 8.73. The number of hydrogen-bond acceptors (Lipinski definition) is 7. The highest BCUT2D eigenvalue weighted by Crippen LogP contribution is 2.42. The van der Waals surface area contributed by atoms with Crippen LogP contribution in [0.25, 0.3) is 10.4 Å². The monoisotopic (exact) mass is 403 g/mol. The summed E-state index contributed by atoms with van der Waals surface area (Å²) in [5, 5.41) is 51.7. The minimum atomic E-state index is -0.933. The average molecular weight is 403 g/mol. The molecule has 0 aromatic heterocycles. The van der Waals surface area contributed by atoms with Gasteiger partial charge in [-0.2, -0.15) is 0 Å². The number of hydrogen-bond donors (Lipinski definition) is 5. The van der Waals surface area contributed by atoms with E-state index in [-0.39, 0.29) is 35.2 Å². The third kappa shape index (κ3) is 5.84. The molecule has 9 heteroatoms. The van der Waals surface area contributed by atoms with Crippen LogP contribution in [0.1, 0.15) is 37.5 Å². The van der Waals surface area contributed by atoms with E-state index in [4.69, 9.17) is 10.3 Å². The molecule has 0 fully saturated rings. The molecule has 0 aliphatic carbocycles. The lowest BCUT2D eigenvalue weighted by Gasteiger charge is -2.31. The highest BCUT2D eigenvalue weighted by Gasteiger charge is 2.32. The molecule has 1 aliphatic rings. The third-order valence-corrected chi connectivity index (χ3v) is 4.38. The van der Waals surface area contributed by atoms with Crippen molar-refractivity contribution < 1.29 is 30.3 Å². The lowest BCUT2D eigenvalue weighted by Crippen LogP contribution is -2.30. The smallest absolute Gasteiger partial charge is 0.157 e. The first-order chi connectivity index (χ1) is 13.7. The van der Waals surface area contributed by atoms with Crippen LogP contribution in [0.5, 0.6) is 28.7 Å². The normalized spacial score (nSPS) is 17.4. The second-order valence-electron chi connectivity index (χ2n) is 7.14. The van der Waals surface area contributed by atoms with Gasteiger partial charge >= 0.3 is 0 Å². The Bertz CT molecular complexity index is 896. The molecule has 29 heavy (non-hydrogen) atoms. The summed E-state index contributed by atoms with van der Waals surface area (Å²) in [6, 6.07) is 6.67. The maximum absolute atomic E-state index is 10.2. The van der Waals surface area contributed by atoms with Crippen LogP contribution >= 0.6 is 0 Å². The number of aliphatic hydroxyl groups is 1. The Kier molecular flexibility index (Phi) is 7.41. The number of ether oxygens (including phenoxy) is 1. The Morgan fingerprint density at radius 1 is 1.10 bits per heavy atom. The SMILES string of the molecule is CC(C)CCN=[N+]=[N-].Oc1cc(O)c2c(c1)O[C@H](c1ccc(O)c(O)c1)[C@@H](O)C2. The quantitative estimate of drug-likeness (QED) is 0.225. The first-order valence-electron chi connectivity index (χ1n) is 9.15. The molecule has 156 valence electrons. The molecule has 0 bridgehead atoms. The largest absolute Gasteiger partial charge is 0.508 e. The molecule has 0 spiro atoms. The van der Waals surface area contributed by atoms with Crippen LogP contribution in [0.2, 0.25) is 0 Å². The van der Waals surface area contributed by atoms with Crippen molar-refractivity contribution in [2.75, 3.05) is 6.54 Å². The molecule has 2 aromatic rings. The van der Waals surface area contributed by atoms with E-state index < -0.39 is 12.2 Å². The molecule has 0 saturated heterocycles. The van der Waals surface area contributed by atoms with Crippen molar-refractivity contribution >= 4 is 0 Å². The first-order valence-corrected chi connectivity index (χ1v) is 9.15. The zero-order valence-electron chi connectivity index (χ0n) is 16.2.